The number of pyridine rings is 1. The van der Waals surface area contributed by atoms with Crippen LogP contribution in [-0.2, 0) is 0 Å². The van der Waals surface area contributed by atoms with Crippen LogP contribution in [0.25, 0.3) is 27.5 Å². The van der Waals surface area contributed by atoms with Crippen molar-refractivity contribution < 1.29 is 4.79 Å². The van der Waals surface area contributed by atoms with Crippen LogP contribution in [0.15, 0.2) is 54.3 Å². The van der Waals surface area contributed by atoms with Crippen molar-refractivity contribution in [1.82, 2.24) is 29.8 Å². The Hall–Kier alpha value is -3.10. The van der Waals surface area contributed by atoms with Gasteiger partial charge in [0.2, 0.25) is 0 Å². The van der Waals surface area contributed by atoms with Crippen LogP contribution in [0.2, 0.25) is 0 Å². The van der Waals surface area contributed by atoms with Crippen LogP contribution in [0.3, 0.4) is 0 Å². The first-order valence-corrected chi connectivity index (χ1v) is 10.9. The first-order valence-electron chi connectivity index (χ1n) is 10.0. The standard InChI is InChI=1S/C22H22N6OS/c1-27-9-2-4-16(27)13-24-22(29)15-6-8-23-19(12-15)17-14-25-28-10-7-18(26-21(17)28)20-5-3-11-30-20/h3,5-8,10-12,14,16H,2,4,9,13H2,1H3,(H,24,29). The zero-order chi connectivity index (χ0) is 20.5. The van der Waals surface area contributed by atoms with Gasteiger partial charge in [0.15, 0.2) is 5.65 Å². The highest BCUT2D eigenvalue weighted by Crippen LogP contribution is 2.27. The van der Waals surface area contributed by atoms with E-state index in [1.165, 1.54) is 6.42 Å². The molecule has 5 rings (SSSR count). The molecule has 30 heavy (non-hydrogen) atoms. The largest absolute Gasteiger partial charge is 0.350 e. The summed E-state index contributed by atoms with van der Waals surface area (Å²) in [6, 6.07) is 9.97. The molecular formula is C22H22N6OS. The molecule has 1 fully saturated rings. The Morgan fingerprint density at radius 3 is 3.03 bits per heavy atom. The maximum Gasteiger partial charge on any atom is 0.251 e. The summed E-state index contributed by atoms with van der Waals surface area (Å²) in [4.78, 5) is 25.4. The molecule has 4 aromatic heterocycles. The monoisotopic (exact) mass is 418 g/mol. The third kappa shape index (κ3) is 3.59. The fraction of sp³-hybridized carbons (Fsp3) is 0.273. The zero-order valence-corrected chi connectivity index (χ0v) is 17.5. The number of aromatic nitrogens is 4. The smallest absolute Gasteiger partial charge is 0.251 e. The van der Waals surface area contributed by atoms with E-state index >= 15 is 0 Å². The average molecular weight is 419 g/mol. The number of carbonyl (C=O) groups is 1. The summed E-state index contributed by atoms with van der Waals surface area (Å²) in [7, 11) is 2.11. The van der Waals surface area contributed by atoms with E-state index in [1.54, 1.807) is 34.3 Å². The number of carbonyl (C=O) groups excluding carboxylic acids is 1. The normalized spacial score (nSPS) is 16.9. The van der Waals surface area contributed by atoms with Gasteiger partial charge in [0.25, 0.3) is 5.91 Å². The number of amides is 1. The van der Waals surface area contributed by atoms with Gasteiger partial charge in [0, 0.05) is 30.5 Å². The van der Waals surface area contributed by atoms with E-state index in [0.717, 1.165) is 34.7 Å². The highest BCUT2D eigenvalue weighted by molar-refractivity contribution is 7.13. The van der Waals surface area contributed by atoms with Crippen molar-refractivity contribution in [3.05, 3.63) is 59.9 Å². The summed E-state index contributed by atoms with van der Waals surface area (Å²) in [6.45, 7) is 1.75. The Morgan fingerprint density at radius 2 is 2.23 bits per heavy atom. The van der Waals surface area contributed by atoms with Gasteiger partial charge in [-0.3, -0.25) is 9.78 Å². The predicted octanol–water partition coefficient (Wildman–Crippen LogP) is 3.34. The van der Waals surface area contributed by atoms with Gasteiger partial charge in [-0.1, -0.05) is 6.07 Å². The number of hydrogen-bond acceptors (Lipinski definition) is 6. The van der Waals surface area contributed by atoms with Gasteiger partial charge in [-0.05, 0) is 56.1 Å². The number of nitrogens with zero attached hydrogens (tertiary/aromatic N) is 5. The van der Waals surface area contributed by atoms with Gasteiger partial charge in [0.1, 0.15) is 0 Å². The number of rotatable bonds is 5. The topological polar surface area (TPSA) is 75.4 Å². The number of fused-ring (bicyclic) bond motifs is 1. The van der Waals surface area contributed by atoms with Gasteiger partial charge < -0.3 is 10.2 Å². The van der Waals surface area contributed by atoms with Crippen molar-refractivity contribution in [2.45, 2.75) is 18.9 Å². The second-order valence-corrected chi connectivity index (χ2v) is 8.48. The van der Waals surface area contributed by atoms with Crippen LogP contribution in [0.5, 0.6) is 0 Å². The summed E-state index contributed by atoms with van der Waals surface area (Å²) >= 11 is 1.65. The van der Waals surface area contributed by atoms with Crippen molar-refractivity contribution in [3.63, 3.8) is 0 Å². The van der Waals surface area contributed by atoms with Crippen LogP contribution in [0.4, 0.5) is 0 Å². The molecule has 1 saturated heterocycles. The third-order valence-corrected chi connectivity index (χ3v) is 6.50. The molecule has 7 nitrogen and oxygen atoms in total. The Kier molecular flexibility index (Phi) is 5.02. The molecule has 0 aromatic carbocycles. The molecule has 0 saturated carbocycles. The molecule has 1 aliphatic rings. The maximum atomic E-state index is 12.7. The Labute approximate surface area is 178 Å². The van der Waals surface area contributed by atoms with E-state index in [2.05, 4.69) is 27.3 Å². The Bertz CT molecular complexity index is 1190. The van der Waals surface area contributed by atoms with E-state index in [1.807, 2.05) is 35.8 Å². The van der Waals surface area contributed by atoms with E-state index < -0.39 is 0 Å². The molecule has 4 aromatic rings. The number of hydrogen-bond donors (Lipinski definition) is 1. The second-order valence-electron chi connectivity index (χ2n) is 7.53. The van der Waals surface area contributed by atoms with Crippen molar-refractivity contribution in [2.24, 2.45) is 0 Å². The molecule has 0 spiro atoms. The molecule has 1 atom stereocenters. The zero-order valence-electron chi connectivity index (χ0n) is 16.7. The third-order valence-electron chi connectivity index (χ3n) is 5.61. The highest BCUT2D eigenvalue weighted by Gasteiger charge is 2.21. The number of thiophene rings is 1. The molecule has 0 aliphatic carbocycles. The van der Waals surface area contributed by atoms with E-state index in [0.29, 0.717) is 23.8 Å². The van der Waals surface area contributed by atoms with Gasteiger partial charge in [-0.25, -0.2) is 9.50 Å². The quantitative estimate of drug-likeness (QED) is 0.538. The van der Waals surface area contributed by atoms with Gasteiger partial charge in [-0.15, -0.1) is 11.3 Å². The van der Waals surface area contributed by atoms with Crippen LogP contribution >= 0.6 is 11.3 Å². The molecular weight excluding hydrogens is 396 g/mol. The molecule has 152 valence electrons. The second kappa shape index (κ2) is 7.97. The molecule has 1 N–H and O–H groups in total. The molecule has 5 heterocycles. The average Bonchev–Trinajstić information content (AvgIpc) is 3.52. The minimum atomic E-state index is -0.0809. The lowest BCUT2D eigenvalue weighted by molar-refractivity contribution is 0.0943. The van der Waals surface area contributed by atoms with Crippen LogP contribution in [0, 0.1) is 0 Å². The Balaban J connectivity index is 1.41. The summed E-state index contributed by atoms with van der Waals surface area (Å²) < 4.78 is 1.73. The molecule has 1 aliphatic heterocycles. The van der Waals surface area contributed by atoms with Gasteiger partial charge >= 0.3 is 0 Å². The van der Waals surface area contributed by atoms with E-state index in [4.69, 9.17) is 4.98 Å². The van der Waals surface area contributed by atoms with Gasteiger partial charge in [0.05, 0.1) is 28.0 Å². The lowest BCUT2D eigenvalue weighted by Gasteiger charge is -2.19. The van der Waals surface area contributed by atoms with Crippen molar-refractivity contribution in [3.8, 4) is 21.8 Å². The number of nitrogens with one attached hydrogen (secondary N) is 1. The highest BCUT2D eigenvalue weighted by atomic mass is 32.1. The predicted molar refractivity (Wildman–Crippen MR) is 118 cm³/mol. The van der Waals surface area contributed by atoms with E-state index in [-0.39, 0.29) is 5.91 Å². The Morgan fingerprint density at radius 1 is 1.30 bits per heavy atom. The molecule has 8 heteroatoms. The van der Waals surface area contributed by atoms with Crippen molar-refractivity contribution in [1.29, 1.82) is 0 Å². The fourth-order valence-corrected chi connectivity index (χ4v) is 4.58. The first-order chi connectivity index (χ1) is 14.7. The SMILES string of the molecule is CN1CCCC1CNC(=O)c1ccnc(-c2cnn3ccc(-c4cccs4)nc23)c1. The number of likely N-dealkylation sites (N-methyl/N-ethyl adjacent to an activating group) is 1. The molecule has 1 unspecified atom stereocenters. The lowest BCUT2D eigenvalue weighted by Crippen LogP contribution is -2.38. The first kappa shape index (κ1) is 18.9. The summed E-state index contributed by atoms with van der Waals surface area (Å²) in [5.74, 6) is -0.0809. The molecule has 1 amide bonds. The summed E-state index contributed by atoms with van der Waals surface area (Å²) in [5, 5.41) is 9.50. The number of likely N-dealkylation sites (tertiary alicyclic amines) is 1. The minimum absolute atomic E-state index is 0.0809. The van der Waals surface area contributed by atoms with E-state index in [9.17, 15) is 4.79 Å². The maximum absolute atomic E-state index is 12.7. The molecule has 0 bridgehead atoms. The van der Waals surface area contributed by atoms with Crippen molar-refractivity contribution in [2.75, 3.05) is 20.1 Å². The van der Waals surface area contributed by atoms with Gasteiger partial charge in [-0.2, -0.15) is 5.10 Å². The van der Waals surface area contributed by atoms with Crippen LogP contribution < -0.4 is 5.32 Å². The van der Waals surface area contributed by atoms with Crippen LogP contribution in [0.1, 0.15) is 23.2 Å². The summed E-state index contributed by atoms with van der Waals surface area (Å²) in [5.41, 5.74) is 3.70. The molecule has 0 radical (unpaired) electrons. The lowest BCUT2D eigenvalue weighted by atomic mass is 10.1. The fourth-order valence-electron chi connectivity index (χ4n) is 3.88. The van der Waals surface area contributed by atoms with Crippen LogP contribution in [-0.4, -0.2) is 56.6 Å². The van der Waals surface area contributed by atoms with Crippen molar-refractivity contribution >= 4 is 22.9 Å². The minimum Gasteiger partial charge on any atom is -0.350 e. The summed E-state index contributed by atoms with van der Waals surface area (Å²) in [6.07, 6.45) is 7.62.